The zero-order valence-corrected chi connectivity index (χ0v) is 17.1. The molecule has 5 rings (SSSR count). The number of benzene rings is 2. The molecule has 1 heterocycles. The molecule has 30 heavy (non-hydrogen) atoms. The van der Waals surface area contributed by atoms with Crippen LogP contribution in [0, 0.1) is 30.6 Å². The van der Waals surface area contributed by atoms with Gasteiger partial charge in [0.05, 0.1) is 11.8 Å². The maximum Gasteiger partial charge on any atom is 0.248 e. The van der Waals surface area contributed by atoms with E-state index in [1.54, 1.807) is 0 Å². The monoisotopic (exact) mass is 402 g/mol. The molecule has 2 aromatic rings. The van der Waals surface area contributed by atoms with Crippen LogP contribution < -0.4 is 5.32 Å². The third-order valence-electron chi connectivity index (χ3n) is 7.17. The Bertz CT molecular complexity index is 957. The van der Waals surface area contributed by atoms with Crippen LogP contribution in [0.25, 0.3) is 0 Å². The minimum atomic E-state index is -0.835. The summed E-state index contributed by atoms with van der Waals surface area (Å²) >= 11 is 0. The number of amides is 3. The number of anilines is 1. The predicted molar refractivity (Wildman–Crippen MR) is 113 cm³/mol. The van der Waals surface area contributed by atoms with Crippen LogP contribution >= 0.6 is 0 Å². The van der Waals surface area contributed by atoms with E-state index in [1.807, 2.05) is 61.5 Å². The highest BCUT2D eigenvalue weighted by molar-refractivity contribution is 6.10. The molecule has 0 aromatic heterocycles. The normalized spacial score (nSPS) is 28.0. The SMILES string of the molecule is Cc1ccc(NC(=O)[C@H](Cc2ccccc2)N2C(=O)[C@H]3[C@H]4CC[C@@H](C4)[C@@H]3C2=O)cc1. The van der Waals surface area contributed by atoms with Crippen LogP contribution in [0.15, 0.2) is 54.6 Å². The van der Waals surface area contributed by atoms with Crippen molar-refractivity contribution in [3.05, 3.63) is 65.7 Å². The molecule has 1 N–H and O–H groups in total. The van der Waals surface area contributed by atoms with E-state index in [-0.39, 0.29) is 29.6 Å². The summed E-state index contributed by atoms with van der Waals surface area (Å²) in [5.41, 5.74) is 2.70. The Morgan fingerprint density at radius 1 is 0.967 bits per heavy atom. The van der Waals surface area contributed by atoms with E-state index < -0.39 is 6.04 Å². The van der Waals surface area contributed by atoms with Crippen LogP contribution in [-0.2, 0) is 20.8 Å². The van der Waals surface area contributed by atoms with Crippen molar-refractivity contribution in [3.8, 4) is 0 Å². The summed E-state index contributed by atoms with van der Waals surface area (Å²) in [6.07, 6.45) is 3.36. The first-order valence-electron chi connectivity index (χ1n) is 10.8. The number of hydrogen-bond donors (Lipinski definition) is 1. The van der Waals surface area contributed by atoms with Crippen LogP contribution in [0.4, 0.5) is 5.69 Å². The van der Waals surface area contributed by atoms with Crippen molar-refractivity contribution < 1.29 is 14.4 Å². The zero-order valence-electron chi connectivity index (χ0n) is 17.1. The van der Waals surface area contributed by atoms with Crippen LogP contribution in [-0.4, -0.2) is 28.7 Å². The van der Waals surface area contributed by atoms with Gasteiger partial charge in [-0.05, 0) is 55.7 Å². The summed E-state index contributed by atoms with van der Waals surface area (Å²) < 4.78 is 0. The molecule has 3 fully saturated rings. The van der Waals surface area contributed by atoms with Gasteiger partial charge in [0.15, 0.2) is 0 Å². The molecule has 0 radical (unpaired) electrons. The van der Waals surface area contributed by atoms with Gasteiger partial charge in [0, 0.05) is 12.1 Å². The number of rotatable bonds is 5. The van der Waals surface area contributed by atoms with Gasteiger partial charge in [-0.3, -0.25) is 19.3 Å². The van der Waals surface area contributed by atoms with Gasteiger partial charge >= 0.3 is 0 Å². The van der Waals surface area contributed by atoms with Gasteiger partial charge < -0.3 is 5.32 Å². The molecule has 5 heteroatoms. The molecule has 2 aromatic carbocycles. The number of nitrogens with one attached hydrogen (secondary N) is 1. The van der Waals surface area contributed by atoms with Crippen LogP contribution in [0.2, 0.25) is 0 Å². The number of likely N-dealkylation sites (tertiary alicyclic amines) is 1. The van der Waals surface area contributed by atoms with Gasteiger partial charge in [0.25, 0.3) is 0 Å². The minimum Gasteiger partial charge on any atom is -0.324 e. The highest BCUT2D eigenvalue weighted by Gasteiger charge is 2.62. The van der Waals surface area contributed by atoms with E-state index in [9.17, 15) is 14.4 Å². The van der Waals surface area contributed by atoms with E-state index >= 15 is 0 Å². The average Bonchev–Trinajstić information content (AvgIpc) is 3.43. The van der Waals surface area contributed by atoms with E-state index in [1.165, 1.54) is 4.90 Å². The van der Waals surface area contributed by atoms with Gasteiger partial charge in [-0.1, -0.05) is 48.0 Å². The van der Waals surface area contributed by atoms with Crippen LogP contribution in [0.1, 0.15) is 30.4 Å². The standard InChI is InChI=1S/C25H26N2O3/c1-15-7-11-19(12-8-15)26-23(28)20(13-16-5-3-2-4-6-16)27-24(29)21-17-9-10-18(14-17)22(21)25(27)30/h2-8,11-12,17-18,20-22H,9-10,13-14H2,1H3,(H,26,28)/t17-,18-,20-,21-,22-/m0/s1. The van der Waals surface area contributed by atoms with E-state index in [2.05, 4.69) is 5.32 Å². The van der Waals surface area contributed by atoms with Gasteiger partial charge in [0.2, 0.25) is 17.7 Å². The first-order valence-corrected chi connectivity index (χ1v) is 10.8. The van der Waals surface area contributed by atoms with Crippen molar-refractivity contribution in [2.24, 2.45) is 23.7 Å². The molecule has 3 aliphatic rings. The zero-order chi connectivity index (χ0) is 20.8. The molecule has 0 spiro atoms. The lowest BCUT2D eigenvalue weighted by Crippen LogP contribution is -2.49. The fourth-order valence-electron chi connectivity index (χ4n) is 5.74. The third kappa shape index (κ3) is 3.13. The third-order valence-corrected chi connectivity index (χ3v) is 7.17. The Morgan fingerprint density at radius 3 is 2.17 bits per heavy atom. The molecule has 2 saturated carbocycles. The molecular weight excluding hydrogens is 376 g/mol. The van der Waals surface area contributed by atoms with Crippen LogP contribution in [0.5, 0.6) is 0 Å². The largest absolute Gasteiger partial charge is 0.324 e. The van der Waals surface area contributed by atoms with Gasteiger partial charge in [-0.25, -0.2) is 0 Å². The van der Waals surface area contributed by atoms with Gasteiger partial charge in [-0.2, -0.15) is 0 Å². The first kappa shape index (κ1) is 19.0. The molecular formula is C25H26N2O3. The second-order valence-corrected chi connectivity index (χ2v) is 8.99. The van der Waals surface area contributed by atoms with Crippen molar-refractivity contribution in [2.45, 2.75) is 38.6 Å². The van der Waals surface area contributed by atoms with Gasteiger partial charge in [0.1, 0.15) is 6.04 Å². The Kier molecular flexibility index (Phi) is 4.69. The molecule has 154 valence electrons. The molecule has 5 nitrogen and oxygen atoms in total. The topological polar surface area (TPSA) is 66.5 Å². The molecule has 2 bridgehead atoms. The van der Waals surface area contributed by atoms with Crippen molar-refractivity contribution >= 4 is 23.4 Å². The predicted octanol–water partition coefficient (Wildman–Crippen LogP) is 3.58. The highest BCUT2D eigenvalue weighted by atomic mass is 16.2. The number of aryl methyl sites for hydroxylation is 1. The second-order valence-electron chi connectivity index (χ2n) is 8.99. The molecule has 3 amide bonds. The number of imide groups is 1. The van der Waals surface area contributed by atoms with E-state index in [0.717, 1.165) is 30.4 Å². The maximum absolute atomic E-state index is 13.3. The Labute approximate surface area is 176 Å². The minimum absolute atomic E-state index is 0.141. The Hall–Kier alpha value is -2.95. The van der Waals surface area contributed by atoms with Crippen molar-refractivity contribution in [2.75, 3.05) is 5.32 Å². The summed E-state index contributed by atoms with van der Waals surface area (Å²) in [5.74, 6) is -0.424. The summed E-state index contributed by atoms with van der Waals surface area (Å²) in [7, 11) is 0. The Morgan fingerprint density at radius 2 is 1.57 bits per heavy atom. The van der Waals surface area contributed by atoms with E-state index in [0.29, 0.717) is 23.9 Å². The lowest BCUT2D eigenvalue weighted by Gasteiger charge is -2.27. The Balaban J connectivity index is 1.45. The number of carbonyl (C=O) groups is 3. The summed E-state index contributed by atoms with van der Waals surface area (Å²) in [6, 6.07) is 16.3. The fourth-order valence-corrected chi connectivity index (χ4v) is 5.74. The molecule has 5 atom stereocenters. The molecule has 0 unspecified atom stereocenters. The number of carbonyl (C=O) groups excluding carboxylic acids is 3. The number of nitrogens with zero attached hydrogens (tertiary/aromatic N) is 1. The second kappa shape index (κ2) is 7.38. The summed E-state index contributed by atoms with van der Waals surface area (Å²) in [5, 5.41) is 2.93. The highest BCUT2D eigenvalue weighted by Crippen LogP contribution is 2.56. The van der Waals surface area contributed by atoms with Crippen molar-refractivity contribution in [1.29, 1.82) is 0 Å². The van der Waals surface area contributed by atoms with Gasteiger partial charge in [-0.15, -0.1) is 0 Å². The quantitative estimate of drug-likeness (QED) is 0.778. The van der Waals surface area contributed by atoms with E-state index in [4.69, 9.17) is 0 Å². The van der Waals surface area contributed by atoms with Crippen molar-refractivity contribution in [1.82, 2.24) is 4.90 Å². The first-order chi connectivity index (χ1) is 14.5. The smallest absolute Gasteiger partial charge is 0.248 e. The van der Waals surface area contributed by atoms with Crippen LogP contribution in [0.3, 0.4) is 0 Å². The fraction of sp³-hybridized carbons (Fsp3) is 0.400. The lowest BCUT2D eigenvalue weighted by atomic mass is 9.81. The summed E-state index contributed by atoms with van der Waals surface area (Å²) in [4.78, 5) is 41.3. The summed E-state index contributed by atoms with van der Waals surface area (Å²) in [6.45, 7) is 1.98. The molecule has 2 aliphatic carbocycles. The number of fused-ring (bicyclic) bond motifs is 5. The average molecular weight is 402 g/mol. The lowest BCUT2D eigenvalue weighted by molar-refractivity contribution is -0.147. The van der Waals surface area contributed by atoms with Crippen molar-refractivity contribution in [3.63, 3.8) is 0 Å². The number of hydrogen-bond acceptors (Lipinski definition) is 3. The molecule has 1 aliphatic heterocycles. The maximum atomic E-state index is 13.3. The molecule has 1 saturated heterocycles.